The lowest BCUT2D eigenvalue weighted by atomic mass is 9.81. The molecule has 0 aromatic heterocycles. The van der Waals surface area contributed by atoms with Crippen molar-refractivity contribution in [3.8, 4) is 0 Å². The van der Waals surface area contributed by atoms with Crippen LogP contribution in [0.15, 0.2) is 0 Å². The number of hydrogen-bond donors (Lipinski definition) is 2. The molecule has 0 aromatic carbocycles. The van der Waals surface area contributed by atoms with Gasteiger partial charge < -0.3 is 30.3 Å². The van der Waals surface area contributed by atoms with Gasteiger partial charge in [0.05, 0.1) is 19.7 Å². The van der Waals surface area contributed by atoms with Crippen molar-refractivity contribution in [2.75, 3.05) is 32.8 Å². The normalized spacial score (nSPS) is 22.9. The molecule has 0 saturated carbocycles. The summed E-state index contributed by atoms with van der Waals surface area (Å²) in [7, 11) is 0. The number of piperazine rings is 1. The second-order valence-electron chi connectivity index (χ2n) is 8.61. The lowest BCUT2D eigenvalue weighted by Crippen LogP contribution is -2.83. The minimum atomic E-state index is -1.28. The molecule has 1 spiro atoms. The maximum atomic E-state index is 13.1. The van der Waals surface area contributed by atoms with Crippen LogP contribution >= 0.6 is 13.5 Å². The number of nitrogens with zero attached hydrogens (tertiary/aromatic N) is 3. The molecule has 2 aliphatic rings. The second kappa shape index (κ2) is 8.78. The Labute approximate surface area is 177 Å². The number of carbonyl (C=O) groups excluding carboxylic acids is 4. The van der Waals surface area contributed by atoms with Gasteiger partial charge in [-0.15, -0.1) is 0 Å². The van der Waals surface area contributed by atoms with Gasteiger partial charge in [0.25, 0.3) is 5.91 Å². The Hall–Kier alpha value is -2.01. The molecule has 2 heterocycles. The quantitative estimate of drug-likeness (QED) is 0.562. The van der Waals surface area contributed by atoms with Gasteiger partial charge in [0.2, 0.25) is 11.8 Å². The summed E-state index contributed by atoms with van der Waals surface area (Å²) in [6, 6.07) is -1.16. The van der Waals surface area contributed by atoms with Crippen LogP contribution in [0, 0.1) is 5.92 Å². The summed E-state index contributed by atoms with van der Waals surface area (Å²) >= 11 is 0. The number of rotatable bonds is 4. The Morgan fingerprint density at radius 2 is 1.79 bits per heavy atom. The zero-order chi connectivity index (χ0) is 21.4. The number of ether oxygens (including phenoxy) is 1. The van der Waals surface area contributed by atoms with E-state index >= 15 is 0 Å². The van der Waals surface area contributed by atoms with Crippen molar-refractivity contribution in [1.82, 2.24) is 14.7 Å². The van der Waals surface area contributed by atoms with E-state index in [1.807, 2.05) is 0 Å². The highest BCUT2D eigenvalue weighted by Crippen LogP contribution is 2.36. The van der Waals surface area contributed by atoms with E-state index in [1.54, 1.807) is 34.6 Å². The van der Waals surface area contributed by atoms with Crippen molar-refractivity contribution < 1.29 is 29.0 Å². The van der Waals surface area contributed by atoms with Crippen molar-refractivity contribution in [2.24, 2.45) is 11.7 Å². The van der Waals surface area contributed by atoms with E-state index in [1.165, 1.54) is 9.80 Å². The van der Waals surface area contributed by atoms with E-state index in [0.29, 0.717) is 0 Å². The third-order valence-corrected chi connectivity index (χ3v) is 4.94. The van der Waals surface area contributed by atoms with Gasteiger partial charge in [-0.05, 0) is 20.8 Å². The fourth-order valence-corrected chi connectivity index (χ4v) is 3.54. The first-order valence-corrected chi connectivity index (χ1v) is 9.34. The standard InChI is InChI=1S/C18H30N4O6.H2S/c1-11(2)14(25)22-7-6-20(16(27)28-17(3,4)5)9-18(22)10-21(15(18)26)12(8-23)13(19)24;/h11-12,23H,6-10H2,1-5H3,(H2,19,24);1H2/t12-,18?;/m0./s1. The summed E-state index contributed by atoms with van der Waals surface area (Å²) < 4.78 is 5.40. The molecule has 29 heavy (non-hydrogen) atoms. The predicted octanol–water partition coefficient (Wildman–Crippen LogP) is -0.738. The number of carbonyl (C=O) groups is 4. The van der Waals surface area contributed by atoms with E-state index < -0.39 is 41.7 Å². The zero-order valence-electron chi connectivity index (χ0n) is 17.6. The number of aliphatic hydroxyl groups is 1. The molecule has 4 amide bonds. The van der Waals surface area contributed by atoms with Crippen LogP contribution in [0.1, 0.15) is 34.6 Å². The molecular formula is C18H32N4O6S. The molecule has 0 bridgehead atoms. The van der Waals surface area contributed by atoms with Crippen LogP contribution in [0.3, 0.4) is 0 Å². The first-order chi connectivity index (χ1) is 12.8. The molecule has 1 unspecified atom stereocenters. The molecule has 166 valence electrons. The van der Waals surface area contributed by atoms with Crippen molar-refractivity contribution in [1.29, 1.82) is 0 Å². The molecule has 0 radical (unpaired) electrons. The maximum absolute atomic E-state index is 13.1. The lowest BCUT2D eigenvalue weighted by Gasteiger charge is -2.59. The number of primary amides is 1. The monoisotopic (exact) mass is 432 g/mol. The van der Waals surface area contributed by atoms with Crippen molar-refractivity contribution >= 4 is 37.3 Å². The van der Waals surface area contributed by atoms with Crippen molar-refractivity contribution in [2.45, 2.75) is 51.8 Å². The van der Waals surface area contributed by atoms with Crippen LogP contribution in [0.4, 0.5) is 4.79 Å². The SMILES string of the molecule is CC(C)C(=O)N1CCN(C(=O)OC(C)(C)C)CC12CN([C@@H](CO)C(N)=O)C2=O.S. The third-order valence-electron chi connectivity index (χ3n) is 4.94. The van der Waals surface area contributed by atoms with Crippen LogP contribution in [0.25, 0.3) is 0 Å². The second-order valence-corrected chi connectivity index (χ2v) is 8.61. The van der Waals surface area contributed by atoms with Gasteiger partial charge in [-0.25, -0.2) is 4.79 Å². The number of hydrogen-bond acceptors (Lipinski definition) is 6. The third kappa shape index (κ3) is 4.77. The van der Waals surface area contributed by atoms with Crippen molar-refractivity contribution in [3.63, 3.8) is 0 Å². The Kier molecular flexibility index (Phi) is 7.58. The molecule has 11 heteroatoms. The van der Waals surface area contributed by atoms with Crippen LogP contribution in [0.5, 0.6) is 0 Å². The van der Waals surface area contributed by atoms with Gasteiger partial charge in [-0.1, -0.05) is 13.8 Å². The smallest absolute Gasteiger partial charge is 0.410 e. The molecule has 3 N–H and O–H groups in total. The van der Waals surface area contributed by atoms with Gasteiger partial charge in [0.1, 0.15) is 11.6 Å². The van der Waals surface area contributed by atoms with E-state index in [4.69, 9.17) is 10.5 Å². The van der Waals surface area contributed by atoms with Crippen molar-refractivity contribution in [3.05, 3.63) is 0 Å². The Morgan fingerprint density at radius 3 is 2.21 bits per heavy atom. The molecular weight excluding hydrogens is 400 g/mol. The molecule has 0 aliphatic carbocycles. The van der Waals surface area contributed by atoms with Crippen LogP contribution in [-0.4, -0.2) is 93.6 Å². The first kappa shape index (κ1) is 25.0. The number of β-lactam (4-membered cyclic amide) rings is 1. The summed E-state index contributed by atoms with van der Waals surface area (Å²) in [6.07, 6.45) is -0.566. The minimum absolute atomic E-state index is 0. The molecule has 2 saturated heterocycles. The molecule has 2 fully saturated rings. The molecule has 0 aromatic rings. The van der Waals surface area contributed by atoms with Crippen LogP contribution in [-0.2, 0) is 19.1 Å². The summed E-state index contributed by atoms with van der Waals surface area (Å²) in [5.41, 5.74) is 3.29. The van der Waals surface area contributed by atoms with Crippen LogP contribution in [0.2, 0.25) is 0 Å². The van der Waals surface area contributed by atoms with Gasteiger partial charge in [0, 0.05) is 19.0 Å². The number of nitrogens with two attached hydrogens (primary N) is 1. The summed E-state index contributed by atoms with van der Waals surface area (Å²) in [6.45, 7) is 8.48. The Balaban J connectivity index is 0.00000420. The Morgan fingerprint density at radius 1 is 1.21 bits per heavy atom. The average Bonchev–Trinajstić information content (AvgIpc) is 2.58. The maximum Gasteiger partial charge on any atom is 0.410 e. The Bertz CT molecular complexity index is 680. The van der Waals surface area contributed by atoms with E-state index in [-0.39, 0.29) is 51.5 Å². The summed E-state index contributed by atoms with van der Waals surface area (Å²) in [5, 5.41) is 9.41. The number of amides is 4. The van der Waals surface area contributed by atoms with E-state index in [9.17, 15) is 24.3 Å². The van der Waals surface area contributed by atoms with E-state index in [2.05, 4.69) is 0 Å². The zero-order valence-corrected chi connectivity index (χ0v) is 18.6. The average molecular weight is 433 g/mol. The van der Waals surface area contributed by atoms with Crippen LogP contribution < -0.4 is 5.73 Å². The largest absolute Gasteiger partial charge is 0.444 e. The number of aliphatic hydroxyl groups excluding tert-OH is 1. The fourth-order valence-electron chi connectivity index (χ4n) is 3.54. The molecule has 10 nitrogen and oxygen atoms in total. The topological polar surface area (TPSA) is 133 Å². The molecule has 2 atom stereocenters. The highest BCUT2D eigenvalue weighted by molar-refractivity contribution is 7.59. The van der Waals surface area contributed by atoms with E-state index in [0.717, 1.165) is 4.90 Å². The van der Waals surface area contributed by atoms with Gasteiger partial charge in [-0.2, -0.15) is 13.5 Å². The summed E-state index contributed by atoms with van der Waals surface area (Å²) in [4.78, 5) is 53.9. The lowest BCUT2D eigenvalue weighted by molar-refractivity contribution is -0.185. The van der Waals surface area contributed by atoms with Gasteiger partial charge in [-0.3, -0.25) is 14.4 Å². The highest BCUT2D eigenvalue weighted by Gasteiger charge is 2.62. The number of likely N-dealkylation sites (tertiary alicyclic amines) is 1. The van der Waals surface area contributed by atoms with Gasteiger partial charge in [0.15, 0.2) is 5.54 Å². The molecule has 2 rings (SSSR count). The fraction of sp³-hybridized carbons (Fsp3) is 0.778. The van der Waals surface area contributed by atoms with Gasteiger partial charge >= 0.3 is 6.09 Å². The predicted molar refractivity (Wildman–Crippen MR) is 109 cm³/mol. The highest BCUT2D eigenvalue weighted by atomic mass is 32.1. The minimum Gasteiger partial charge on any atom is -0.444 e. The summed E-state index contributed by atoms with van der Waals surface area (Å²) in [5.74, 6) is -1.88. The molecule has 2 aliphatic heterocycles. The first-order valence-electron chi connectivity index (χ1n) is 9.34.